The van der Waals surface area contributed by atoms with E-state index < -0.39 is 21.8 Å². The standard InChI is InChI=1S/C18H18ClF3N4O4S/c1-30-24-31(28,29)14-4-2-12(3-5-14)17(27)26-8-6-25(7-9-26)16-15(19)10-13(11-23-16)18(20,21)22/h2-5,10-11,24H,6-9H2,1H3. The van der Waals surface area contributed by atoms with Crippen LogP contribution in [0.2, 0.25) is 5.02 Å². The number of hydrogen-bond donors (Lipinski definition) is 1. The Morgan fingerprint density at radius 1 is 1.16 bits per heavy atom. The number of hydrogen-bond acceptors (Lipinski definition) is 6. The molecule has 0 atom stereocenters. The summed E-state index contributed by atoms with van der Waals surface area (Å²) in [5.41, 5.74) is -0.628. The first-order chi connectivity index (χ1) is 14.5. The molecule has 1 amide bonds. The van der Waals surface area contributed by atoms with Gasteiger partial charge in [-0.25, -0.2) is 13.4 Å². The van der Waals surface area contributed by atoms with Gasteiger partial charge in [0.25, 0.3) is 15.9 Å². The first-order valence-corrected chi connectivity index (χ1v) is 10.8. The van der Waals surface area contributed by atoms with Crippen LogP contribution in [-0.2, 0) is 21.0 Å². The Morgan fingerprint density at radius 3 is 2.29 bits per heavy atom. The van der Waals surface area contributed by atoms with Gasteiger partial charge in [-0.2, -0.15) is 13.2 Å². The van der Waals surface area contributed by atoms with Crippen LogP contribution in [0.5, 0.6) is 0 Å². The number of amides is 1. The molecule has 1 aliphatic rings. The SMILES string of the molecule is CONS(=O)(=O)c1ccc(C(=O)N2CCN(c3ncc(C(F)(F)F)cc3Cl)CC2)cc1. The van der Waals surface area contributed by atoms with E-state index >= 15 is 0 Å². The monoisotopic (exact) mass is 478 g/mol. The van der Waals surface area contributed by atoms with E-state index in [0.717, 1.165) is 12.3 Å². The molecule has 3 rings (SSSR count). The highest BCUT2D eigenvalue weighted by Crippen LogP contribution is 2.33. The molecular weight excluding hydrogens is 461 g/mol. The van der Waals surface area contributed by atoms with Crippen molar-refractivity contribution in [3.63, 3.8) is 0 Å². The minimum atomic E-state index is -4.53. The third kappa shape index (κ3) is 5.26. The van der Waals surface area contributed by atoms with Crippen molar-refractivity contribution < 1.29 is 31.2 Å². The zero-order valence-electron chi connectivity index (χ0n) is 16.2. The molecule has 2 aromatic rings. The van der Waals surface area contributed by atoms with Crippen LogP contribution in [-0.4, -0.2) is 57.5 Å². The zero-order chi connectivity index (χ0) is 22.8. The Morgan fingerprint density at radius 2 is 1.77 bits per heavy atom. The number of nitrogens with zero attached hydrogens (tertiary/aromatic N) is 3. The van der Waals surface area contributed by atoms with Crippen molar-refractivity contribution in [1.82, 2.24) is 14.8 Å². The first kappa shape index (κ1) is 23.3. The Labute approximate surface area is 181 Å². The third-order valence-corrected chi connectivity index (χ3v) is 6.18. The van der Waals surface area contributed by atoms with Gasteiger partial charge in [0.1, 0.15) is 5.82 Å². The number of nitrogens with one attached hydrogen (secondary N) is 1. The summed E-state index contributed by atoms with van der Waals surface area (Å²) in [5.74, 6) is -0.0725. The fraction of sp³-hybridized carbons (Fsp3) is 0.333. The molecule has 31 heavy (non-hydrogen) atoms. The molecule has 0 bridgehead atoms. The molecule has 1 fully saturated rings. The zero-order valence-corrected chi connectivity index (χ0v) is 17.8. The molecule has 0 saturated carbocycles. The van der Waals surface area contributed by atoms with Crippen LogP contribution in [0.1, 0.15) is 15.9 Å². The van der Waals surface area contributed by atoms with E-state index in [1.807, 2.05) is 4.89 Å². The van der Waals surface area contributed by atoms with Gasteiger partial charge in [-0.05, 0) is 30.3 Å². The number of anilines is 1. The van der Waals surface area contributed by atoms with Crippen LogP contribution < -0.4 is 9.79 Å². The van der Waals surface area contributed by atoms with Crippen molar-refractivity contribution in [2.24, 2.45) is 0 Å². The molecule has 1 N–H and O–H groups in total. The highest BCUT2D eigenvalue weighted by Gasteiger charge is 2.32. The fourth-order valence-electron chi connectivity index (χ4n) is 3.06. The predicted molar refractivity (Wildman–Crippen MR) is 106 cm³/mol. The average molecular weight is 479 g/mol. The Balaban J connectivity index is 1.65. The number of halogens is 4. The van der Waals surface area contributed by atoms with Gasteiger partial charge in [0.05, 0.1) is 22.6 Å². The third-order valence-electron chi connectivity index (χ3n) is 4.62. The van der Waals surface area contributed by atoms with E-state index in [-0.39, 0.29) is 21.6 Å². The summed E-state index contributed by atoms with van der Waals surface area (Å²) < 4.78 is 62.1. The van der Waals surface area contributed by atoms with Crippen LogP contribution in [0.4, 0.5) is 19.0 Å². The summed E-state index contributed by atoms with van der Waals surface area (Å²) >= 11 is 5.99. The summed E-state index contributed by atoms with van der Waals surface area (Å²) in [6.45, 7) is 1.24. The predicted octanol–water partition coefficient (Wildman–Crippen LogP) is 2.56. The summed E-state index contributed by atoms with van der Waals surface area (Å²) in [5, 5.41) is -0.115. The van der Waals surface area contributed by atoms with Gasteiger partial charge >= 0.3 is 6.18 Å². The molecule has 2 heterocycles. The van der Waals surface area contributed by atoms with Gasteiger partial charge in [0.15, 0.2) is 0 Å². The van der Waals surface area contributed by atoms with Crippen LogP contribution >= 0.6 is 11.6 Å². The lowest BCUT2D eigenvalue weighted by molar-refractivity contribution is -0.137. The number of aromatic nitrogens is 1. The molecule has 1 aliphatic heterocycles. The number of carbonyl (C=O) groups excluding carboxylic acids is 1. The average Bonchev–Trinajstić information content (AvgIpc) is 2.73. The first-order valence-electron chi connectivity index (χ1n) is 8.95. The number of pyridine rings is 1. The second kappa shape index (κ2) is 8.99. The lowest BCUT2D eigenvalue weighted by Gasteiger charge is -2.35. The van der Waals surface area contributed by atoms with E-state index in [2.05, 4.69) is 9.82 Å². The van der Waals surface area contributed by atoms with E-state index in [4.69, 9.17) is 11.6 Å². The quantitative estimate of drug-likeness (QED) is 0.664. The molecule has 1 saturated heterocycles. The minimum Gasteiger partial charge on any atom is -0.352 e. The van der Waals surface area contributed by atoms with Gasteiger partial charge < -0.3 is 9.80 Å². The maximum Gasteiger partial charge on any atom is 0.417 e. The Hall–Kier alpha value is -2.41. The summed E-state index contributed by atoms with van der Waals surface area (Å²) in [6, 6.07) is 6.20. The summed E-state index contributed by atoms with van der Waals surface area (Å²) in [7, 11) is -2.66. The second-order valence-corrected chi connectivity index (χ2v) is 8.67. The number of alkyl halides is 3. The Kier molecular flexibility index (Phi) is 6.74. The number of carbonyl (C=O) groups is 1. The maximum absolute atomic E-state index is 12.8. The van der Waals surface area contributed by atoms with E-state index in [0.29, 0.717) is 31.7 Å². The Bertz CT molecular complexity index is 1060. The van der Waals surface area contributed by atoms with Crippen LogP contribution in [0.25, 0.3) is 0 Å². The molecular formula is C18H18ClF3N4O4S. The molecule has 13 heteroatoms. The molecule has 0 unspecified atom stereocenters. The van der Waals surface area contributed by atoms with Crippen LogP contribution in [0, 0.1) is 0 Å². The molecule has 168 valence electrons. The number of sulfonamides is 1. The topological polar surface area (TPSA) is 91.8 Å². The summed E-state index contributed by atoms with van der Waals surface area (Å²) in [6.07, 6.45) is -3.80. The lowest BCUT2D eigenvalue weighted by atomic mass is 10.2. The lowest BCUT2D eigenvalue weighted by Crippen LogP contribution is -2.49. The van der Waals surface area contributed by atoms with Crippen molar-refractivity contribution in [2.75, 3.05) is 38.2 Å². The maximum atomic E-state index is 12.8. The van der Waals surface area contributed by atoms with E-state index in [1.165, 1.54) is 31.4 Å². The van der Waals surface area contributed by atoms with Gasteiger partial charge in [0, 0.05) is 37.9 Å². The van der Waals surface area contributed by atoms with Crippen molar-refractivity contribution in [1.29, 1.82) is 0 Å². The largest absolute Gasteiger partial charge is 0.417 e. The molecule has 1 aromatic carbocycles. The molecule has 0 radical (unpaired) electrons. The molecule has 1 aromatic heterocycles. The van der Waals surface area contributed by atoms with Gasteiger partial charge in [0.2, 0.25) is 0 Å². The fourth-order valence-corrected chi connectivity index (χ4v) is 4.15. The van der Waals surface area contributed by atoms with E-state index in [9.17, 15) is 26.4 Å². The van der Waals surface area contributed by atoms with Crippen molar-refractivity contribution >= 4 is 33.3 Å². The molecule has 8 nitrogen and oxygen atoms in total. The second-order valence-electron chi connectivity index (χ2n) is 6.62. The highest BCUT2D eigenvalue weighted by molar-refractivity contribution is 7.89. The van der Waals surface area contributed by atoms with Crippen molar-refractivity contribution in [3.05, 3.63) is 52.7 Å². The van der Waals surface area contributed by atoms with Crippen LogP contribution in [0.3, 0.4) is 0 Å². The van der Waals surface area contributed by atoms with E-state index in [1.54, 1.807) is 9.80 Å². The highest BCUT2D eigenvalue weighted by atomic mass is 35.5. The number of benzene rings is 1. The number of piperazine rings is 1. The molecule has 0 spiro atoms. The van der Waals surface area contributed by atoms with Crippen molar-refractivity contribution in [2.45, 2.75) is 11.1 Å². The smallest absolute Gasteiger partial charge is 0.352 e. The van der Waals surface area contributed by atoms with Gasteiger partial charge in [-0.1, -0.05) is 16.5 Å². The number of rotatable bonds is 5. The van der Waals surface area contributed by atoms with Gasteiger partial charge in [-0.15, -0.1) is 0 Å². The normalized spacial score (nSPS) is 15.3. The van der Waals surface area contributed by atoms with Crippen LogP contribution in [0.15, 0.2) is 41.4 Å². The van der Waals surface area contributed by atoms with Gasteiger partial charge in [-0.3, -0.25) is 9.63 Å². The van der Waals surface area contributed by atoms with Crippen molar-refractivity contribution in [3.8, 4) is 0 Å². The molecule has 0 aliphatic carbocycles. The summed E-state index contributed by atoms with van der Waals surface area (Å²) in [4.78, 5) is 26.1. The minimum absolute atomic E-state index is 0.0567.